The van der Waals surface area contributed by atoms with Crippen LogP contribution in [0.5, 0.6) is 0 Å². The molecule has 0 spiro atoms. The molecule has 2 fully saturated rings. The zero-order valence-corrected chi connectivity index (χ0v) is 12.0. The van der Waals surface area contributed by atoms with E-state index in [9.17, 15) is 0 Å². The molecular weight excluding hydrogens is 232 g/mol. The minimum atomic E-state index is 0.728. The summed E-state index contributed by atoms with van der Waals surface area (Å²) in [6.07, 6.45) is 6.65. The number of hydrogen-bond donors (Lipinski definition) is 1. The summed E-state index contributed by atoms with van der Waals surface area (Å²) in [5, 5.41) is 3.75. The van der Waals surface area contributed by atoms with E-state index in [1.807, 2.05) is 0 Å². The van der Waals surface area contributed by atoms with Crippen molar-refractivity contribution < 1.29 is 0 Å². The molecule has 1 aromatic rings. The van der Waals surface area contributed by atoms with E-state index in [1.165, 1.54) is 44.2 Å². The van der Waals surface area contributed by atoms with Gasteiger partial charge in [-0.2, -0.15) is 0 Å². The van der Waals surface area contributed by atoms with Gasteiger partial charge in [-0.15, -0.1) is 0 Å². The van der Waals surface area contributed by atoms with Crippen molar-refractivity contribution in [3.05, 3.63) is 35.9 Å². The van der Waals surface area contributed by atoms with Gasteiger partial charge in [0.05, 0.1) is 0 Å². The second-order valence-electron chi connectivity index (χ2n) is 6.25. The van der Waals surface area contributed by atoms with Crippen LogP contribution >= 0.6 is 0 Å². The van der Waals surface area contributed by atoms with Crippen LogP contribution in [0.2, 0.25) is 0 Å². The fraction of sp³-hybridized carbons (Fsp3) is 0.647. The standard InChI is InChI=1S/C17H26N2/c1-14-12-16(13-19(14)17-9-10-17)18-11-5-8-15-6-3-2-4-7-15/h2-4,6-7,14,16-18H,5,8-13H2,1H3. The molecular formula is C17H26N2. The molecule has 1 saturated carbocycles. The van der Waals surface area contributed by atoms with Gasteiger partial charge in [0.2, 0.25) is 0 Å². The number of rotatable bonds is 6. The van der Waals surface area contributed by atoms with Gasteiger partial charge in [-0.05, 0) is 51.1 Å². The van der Waals surface area contributed by atoms with Crippen LogP contribution in [-0.4, -0.2) is 36.1 Å². The predicted molar refractivity (Wildman–Crippen MR) is 80.4 cm³/mol. The largest absolute Gasteiger partial charge is 0.313 e. The second-order valence-corrected chi connectivity index (χ2v) is 6.25. The molecule has 104 valence electrons. The Labute approximate surface area is 117 Å². The van der Waals surface area contributed by atoms with E-state index in [-0.39, 0.29) is 0 Å². The first-order chi connectivity index (χ1) is 9.33. The van der Waals surface area contributed by atoms with Crippen molar-refractivity contribution in [1.29, 1.82) is 0 Å². The van der Waals surface area contributed by atoms with E-state index < -0.39 is 0 Å². The van der Waals surface area contributed by atoms with E-state index in [4.69, 9.17) is 0 Å². The number of likely N-dealkylation sites (tertiary alicyclic amines) is 1. The maximum absolute atomic E-state index is 3.75. The molecule has 1 saturated heterocycles. The van der Waals surface area contributed by atoms with Crippen LogP contribution in [0.3, 0.4) is 0 Å². The fourth-order valence-corrected chi connectivity index (χ4v) is 3.36. The zero-order valence-electron chi connectivity index (χ0n) is 12.0. The van der Waals surface area contributed by atoms with E-state index in [0.29, 0.717) is 0 Å². The molecule has 2 heteroatoms. The third kappa shape index (κ3) is 3.58. The SMILES string of the molecule is CC1CC(NCCCc2ccccc2)CN1C1CC1. The lowest BCUT2D eigenvalue weighted by molar-refractivity contribution is 0.255. The van der Waals surface area contributed by atoms with Crippen LogP contribution in [-0.2, 0) is 6.42 Å². The third-order valence-corrected chi connectivity index (χ3v) is 4.56. The summed E-state index contributed by atoms with van der Waals surface area (Å²) >= 11 is 0. The average molecular weight is 258 g/mol. The first-order valence-corrected chi connectivity index (χ1v) is 7.86. The molecule has 2 aliphatic rings. The van der Waals surface area contributed by atoms with Gasteiger partial charge in [0.15, 0.2) is 0 Å². The second kappa shape index (κ2) is 6.06. The molecule has 1 aliphatic heterocycles. The van der Waals surface area contributed by atoms with Gasteiger partial charge in [-0.25, -0.2) is 0 Å². The van der Waals surface area contributed by atoms with Crippen molar-refractivity contribution in [2.75, 3.05) is 13.1 Å². The maximum atomic E-state index is 3.75. The molecule has 1 aromatic carbocycles. The smallest absolute Gasteiger partial charge is 0.0210 e. The summed E-state index contributed by atoms with van der Waals surface area (Å²) < 4.78 is 0. The van der Waals surface area contributed by atoms with Gasteiger partial charge in [-0.1, -0.05) is 30.3 Å². The van der Waals surface area contributed by atoms with E-state index >= 15 is 0 Å². The van der Waals surface area contributed by atoms with Gasteiger partial charge < -0.3 is 5.32 Å². The number of benzene rings is 1. The molecule has 3 rings (SSSR count). The number of hydrogen-bond acceptors (Lipinski definition) is 2. The summed E-state index contributed by atoms with van der Waals surface area (Å²) in [6, 6.07) is 13.3. The van der Waals surface area contributed by atoms with E-state index in [0.717, 1.165) is 24.7 Å². The molecule has 0 radical (unpaired) electrons. The Morgan fingerprint density at radius 2 is 2.00 bits per heavy atom. The summed E-state index contributed by atoms with van der Waals surface area (Å²) in [7, 11) is 0. The minimum Gasteiger partial charge on any atom is -0.313 e. The van der Waals surface area contributed by atoms with Crippen molar-refractivity contribution in [2.45, 2.75) is 57.2 Å². The first-order valence-electron chi connectivity index (χ1n) is 7.86. The van der Waals surface area contributed by atoms with Gasteiger partial charge in [0.1, 0.15) is 0 Å². The number of nitrogens with one attached hydrogen (secondary N) is 1. The molecule has 2 nitrogen and oxygen atoms in total. The van der Waals surface area contributed by atoms with Gasteiger partial charge in [-0.3, -0.25) is 4.90 Å². The molecule has 2 atom stereocenters. The summed E-state index contributed by atoms with van der Waals surface area (Å²) in [6.45, 7) is 4.83. The zero-order chi connectivity index (χ0) is 13.1. The highest BCUT2D eigenvalue weighted by Crippen LogP contribution is 2.33. The van der Waals surface area contributed by atoms with Crippen molar-refractivity contribution in [3.63, 3.8) is 0 Å². The van der Waals surface area contributed by atoms with Crippen LogP contribution < -0.4 is 5.32 Å². The van der Waals surface area contributed by atoms with Crippen LogP contribution in [0.1, 0.15) is 38.2 Å². The molecule has 2 unspecified atom stereocenters. The summed E-state index contributed by atoms with van der Waals surface area (Å²) in [4.78, 5) is 2.72. The van der Waals surface area contributed by atoms with Crippen LogP contribution in [0.4, 0.5) is 0 Å². The molecule has 0 amide bonds. The van der Waals surface area contributed by atoms with Crippen LogP contribution in [0.15, 0.2) is 30.3 Å². The molecule has 1 aliphatic carbocycles. The number of nitrogens with zero attached hydrogens (tertiary/aromatic N) is 1. The Morgan fingerprint density at radius 1 is 1.21 bits per heavy atom. The van der Waals surface area contributed by atoms with E-state index in [1.54, 1.807) is 0 Å². The first kappa shape index (κ1) is 13.1. The van der Waals surface area contributed by atoms with Crippen LogP contribution in [0.25, 0.3) is 0 Å². The van der Waals surface area contributed by atoms with Crippen molar-refractivity contribution >= 4 is 0 Å². The Kier molecular flexibility index (Phi) is 4.19. The highest BCUT2D eigenvalue weighted by molar-refractivity contribution is 5.14. The lowest BCUT2D eigenvalue weighted by Gasteiger charge is -2.19. The topological polar surface area (TPSA) is 15.3 Å². The maximum Gasteiger partial charge on any atom is 0.0210 e. The van der Waals surface area contributed by atoms with Crippen molar-refractivity contribution in [1.82, 2.24) is 10.2 Å². The Bertz CT molecular complexity index is 386. The van der Waals surface area contributed by atoms with Crippen molar-refractivity contribution in [3.8, 4) is 0 Å². The Hall–Kier alpha value is -0.860. The highest BCUT2D eigenvalue weighted by Gasteiger charge is 2.38. The van der Waals surface area contributed by atoms with Gasteiger partial charge in [0, 0.05) is 24.7 Å². The highest BCUT2D eigenvalue weighted by atomic mass is 15.3. The van der Waals surface area contributed by atoms with Crippen molar-refractivity contribution in [2.24, 2.45) is 0 Å². The lowest BCUT2D eigenvalue weighted by Crippen LogP contribution is -2.34. The lowest BCUT2D eigenvalue weighted by atomic mass is 10.1. The van der Waals surface area contributed by atoms with E-state index in [2.05, 4.69) is 47.5 Å². The normalized spacial score (nSPS) is 27.8. The Morgan fingerprint density at radius 3 is 2.74 bits per heavy atom. The molecule has 0 aromatic heterocycles. The molecule has 0 bridgehead atoms. The quantitative estimate of drug-likeness (QED) is 0.789. The molecule has 1 N–H and O–H groups in total. The van der Waals surface area contributed by atoms with Crippen LogP contribution in [0, 0.1) is 0 Å². The third-order valence-electron chi connectivity index (χ3n) is 4.56. The monoisotopic (exact) mass is 258 g/mol. The van der Waals surface area contributed by atoms with Gasteiger partial charge >= 0.3 is 0 Å². The summed E-state index contributed by atoms with van der Waals surface area (Å²) in [5.74, 6) is 0. The summed E-state index contributed by atoms with van der Waals surface area (Å²) in [5.41, 5.74) is 1.46. The molecule has 19 heavy (non-hydrogen) atoms. The number of aryl methyl sites for hydroxylation is 1. The predicted octanol–water partition coefficient (Wildman–Crippen LogP) is 2.83. The Balaban J connectivity index is 1.34. The average Bonchev–Trinajstić information content (AvgIpc) is 3.20. The fourth-order valence-electron chi connectivity index (χ4n) is 3.36. The minimum absolute atomic E-state index is 0.728. The molecule has 1 heterocycles. The van der Waals surface area contributed by atoms with Gasteiger partial charge in [0.25, 0.3) is 0 Å².